The molecular formula is C14H17NO3. The van der Waals surface area contributed by atoms with Crippen molar-refractivity contribution in [3.05, 3.63) is 41.7 Å². The van der Waals surface area contributed by atoms with Gasteiger partial charge in [0, 0.05) is 11.8 Å². The Balaban J connectivity index is 2.89. The first-order chi connectivity index (χ1) is 8.52. The van der Waals surface area contributed by atoms with Crippen molar-refractivity contribution in [2.75, 3.05) is 6.61 Å². The molecule has 0 bridgehead atoms. The molecule has 1 aromatic heterocycles. The molecule has 0 radical (unpaired) electrons. The molecule has 0 fully saturated rings. The SMILES string of the molecule is C=C(CC)COc1ccc(C)nc1C=CC(=O)O. The van der Waals surface area contributed by atoms with Gasteiger partial charge in [-0.15, -0.1) is 0 Å². The van der Waals surface area contributed by atoms with E-state index in [4.69, 9.17) is 9.84 Å². The standard InChI is InChI=1S/C14H17NO3/c1-4-10(2)9-18-13-7-5-11(3)15-12(13)6-8-14(16)17/h5-8H,2,4,9H2,1,3H3,(H,16,17). The summed E-state index contributed by atoms with van der Waals surface area (Å²) in [7, 11) is 0. The molecule has 96 valence electrons. The van der Waals surface area contributed by atoms with Crippen LogP contribution in [-0.2, 0) is 4.79 Å². The van der Waals surface area contributed by atoms with Crippen molar-refractivity contribution in [1.29, 1.82) is 0 Å². The van der Waals surface area contributed by atoms with Crippen molar-refractivity contribution < 1.29 is 14.6 Å². The molecule has 0 saturated carbocycles. The van der Waals surface area contributed by atoms with Gasteiger partial charge in [0.1, 0.15) is 18.1 Å². The summed E-state index contributed by atoms with van der Waals surface area (Å²) in [5.74, 6) is -0.449. The third-order valence-electron chi connectivity index (χ3n) is 2.34. The molecule has 0 saturated heterocycles. The number of aromatic nitrogens is 1. The molecule has 1 heterocycles. The van der Waals surface area contributed by atoms with Gasteiger partial charge in [0.05, 0.1) is 0 Å². The van der Waals surface area contributed by atoms with Crippen molar-refractivity contribution in [2.24, 2.45) is 0 Å². The topological polar surface area (TPSA) is 59.4 Å². The highest BCUT2D eigenvalue weighted by Gasteiger charge is 2.04. The molecule has 0 aliphatic carbocycles. The highest BCUT2D eigenvalue weighted by molar-refractivity contribution is 5.85. The maximum atomic E-state index is 10.5. The van der Waals surface area contributed by atoms with E-state index in [1.165, 1.54) is 6.08 Å². The van der Waals surface area contributed by atoms with Crippen LogP contribution in [0.25, 0.3) is 6.08 Å². The lowest BCUT2D eigenvalue weighted by Gasteiger charge is -2.10. The molecule has 4 nitrogen and oxygen atoms in total. The van der Waals surface area contributed by atoms with Crippen LogP contribution in [-0.4, -0.2) is 22.7 Å². The molecule has 0 aliphatic heterocycles. The van der Waals surface area contributed by atoms with E-state index in [1.807, 2.05) is 19.9 Å². The van der Waals surface area contributed by atoms with Gasteiger partial charge in [-0.2, -0.15) is 0 Å². The minimum atomic E-state index is -1.01. The van der Waals surface area contributed by atoms with Crippen LogP contribution < -0.4 is 4.74 Å². The van der Waals surface area contributed by atoms with Crippen LogP contribution >= 0.6 is 0 Å². The van der Waals surface area contributed by atoms with Crippen molar-refractivity contribution >= 4 is 12.0 Å². The number of ether oxygens (including phenoxy) is 1. The fourth-order valence-electron chi connectivity index (χ4n) is 1.24. The van der Waals surface area contributed by atoms with E-state index < -0.39 is 5.97 Å². The number of aliphatic carboxylic acids is 1. The number of hydrogen-bond acceptors (Lipinski definition) is 3. The van der Waals surface area contributed by atoms with Gasteiger partial charge in [-0.25, -0.2) is 9.78 Å². The highest BCUT2D eigenvalue weighted by atomic mass is 16.5. The molecule has 1 N–H and O–H groups in total. The van der Waals surface area contributed by atoms with Crippen LogP contribution in [0.5, 0.6) is 5.75 Å². The average Bonchev–Trinajstić information content (AvgIpc) is 2.34. The Labute approximate surface area is 107 Å². The first-order valence-corrected chi connectivity index (χ1v) is 5.71. The van der Waals surface area contributed by atoms with E-state index in [1.54, 1.807) is 6.07 Å². The van der Waals surface area contributed by atoms with E-state index in [0.29, 0.717) is 18.1 Å². The summed E-state index contributed by atoms with van der Waals surface area (Å²) in [5.41, 5.74) is 2.30. The molecule has 1 rings (SSSR count). The Kier molecular flexibility index (Phi) is 5.11. The molecule has 0 spiro atoms. The number of aryl methyl sites for hydroxylation is 1. The van der Waals surface area contributed by atoms with Crippen molar-refractivity contribution in [1.82, 2.24) is 4.98 Å². The van der Waals surface area contributed by atoms with Crippen LogP contribution in [0.1, 0.15) is 24.7 Å². The van der Waals surface area contributed by atoms with Gasteiger partial charge in [0.15, 0.2) is 0 Å². The third kappa shape index (κ3) is 4.41. The smallest absolute Gasteiger partial charge is 0.328 e. The van der Waals surface area contributed by atoms with Gasteiger partial charge >= 0.3 is 5.97 Å². The predicted octanol–water partition coefficient (Wildman–Crippen LogP) is 2.83. The van der Waals surface area contributed by atoms with E-state index in [9.17, 15) is 4.79 Å². The van der Waals surface area contributed by atoms with Gasteiger partial charge in [0.25, 0.3) is 0 Å². The summed E-state index contributed by atoms with van der Waals surface area (Å²) < 4.78 is 5.57. The van der Waals surface area contributed by atoms with Crippen LogP contribution in [0.2, 0.25) is 0 Å². The summed E-state index contributed by atoms with van der Waals surface area (Å²) in [6.07, 6.45) is 3.32. The molecular weight excluding hydrogens is 230 g/mol. The van der Waals surface area contributed by atoms with Crippen LogP contribution in [0.4, 0.5) is 0 Å². The van der Waals surface area contributed by atoms with Gasteiger partial charge in [0.2, 0.25) is 0 Å². The summed E-state index contributed by atoms with van der Waals surface area (Å²) in [6.45, 7) is 8.11. The molecule has 18 heavy (non-hydrogen) atoms. The van der Waals surface area contributed by atoms with Crippen LogP contribution in [0.15, 0.2) is 30.4 Å². The Hall–Kier alpha value is -2.10. The zero-order chi connectivity index (χ0) is 13.5. The van der Waals surface area contributed by atoms with Crippen molar-refractivity contribution in [3.8, 4) is 5.75 Å². The second-order valence-electron chi connectivity index (χ2n) is 3.90. The van der Waals surface area contributed by atoms with E-state index in [0.717, 1.165) is 23.8 Å². The summed E-state index contributed by atoms with van der Waals surface area (Å²) in [4.78, 5) is 14.8. The Bertz CT molecular complexity index is 478. The quantitative estimate of drug-likeness (QED) is 0.620. The number of nitrogens with zero attached hydrogens (tertiary/aromatic N) is 1. The maximum absolute atomic E-state index is 10.5. The first-order valence-electron chi connectivity index (χ1n) is 5.71. The second-order valence-corrected chi connectivity index (χ2v) is 3.90. The number of carbonyl (C=O) groups is 1. The first kappa shape index (κ1) is 14.0. The summed E-state index contributed by atoms with van der Waals surface area (Å²) in [5, 5.41) is 8.62. The number of hydrogen-bond donors (Lipinski definition) is 1. The monoisotopic (exact) mass is 247 g/mol. The Morgan fingerprint density at radius 1 is 1.56 bits per heavy atom. The predicted molar refractivity (Wildman–Crippen MR) is 70.6 cm³/mol. The van der Waals surface area contributed by atoms with Gasteiger partial charge in [-0.1, -0.05) is 13.5 Å². The fraction of sp³-hybridized carbons (Fsp3) is 0.286. The molecule has 4 heteroatoms. The zero-order valence-corrected chi connectivity index (χ0v) is 10.6. The van der Waals surface area contributed by atoms with E-state index in [2.05, 4.69) is 11.6 Å². The van der Waals surface area contributed by atoms with Crippen LogP contribution in [0.3, 0.4) is 0 Å². The Morgan fingerprint density at radius 3 is 2.89 bits per heavy atom. The molecule has 0 amide bonds. The largest absolute Gasteiger partial charge is 0.487 e. The molecule has 1 aromatic rings. The maximum Gasteiger partial charge on any atom is 0.328 e. The zero-order valence-electron chi connectivity index (χ0n) is 10.6. The number of carboxylic acids is 1. The number of carboxylic acid groups (broad SMARTS) is 1. The van der Waals surface area contributed by atoms with Crippen LogP contribution in [0, 0.1) is 6.92 Å². The normalized spacial score (nSPS) is 10.6. The summed E-state index contributed by atoms with van der Waals surface area (Å²) in [6, 6.07) is 3.61. The molecule has 0 unspecified atom stereocenters. The highest BCUT2D eigenvalue weighted by Crippen LogP contribution is 2.19. The molecule has 0 aromatic carbocycles. The second kappa shape index (κ2) is 6.59. The Morgan fingerprint density at radius 2 is 2.28 bits per heavy atom. The third-order valence-corrected chi connectivity index (χ3v) is 2.34. The van der Waals surface area contributed by atoms with Gasteiger partial charge in [-0.05, 0) is 37.1 Å². The van der Waals surface area contributed by atoms with Crippen molar-refractivity contribution in [3.63, 3.8) is 0 Å². The van der Waals surface area contributed by atoms with E-state index in [-0.39, 0.29) is 0 Å². The lowest BCUT2D eigenvalue weighted by atomic mass is 10.2. The fourth-order valence-corrected chi connectivity index (χ4v) is 1.24. The lowest BCUT2D eigenvalue weighted by molar-refractivity contribution is -0.131. The lowest BCUT2D eigenvalue weighted by Crippen LogP contribution is -2.02. The molecule has 0 aliphatic rings. The number of rotatable bonds is 6. The minimum absolute atomic E-state index is 0.412. The molecule has 0 atom stereocenters. The minimum Gasteiger partial charge on any atom is -0.487 e. The van der Waals surface area contributed by atoms with Gasteiger partial charge < -0.3 is 9.84 Å². The van der Waals surface area contributed by atoms with Gasteiger partial charge in [-0.3, -0.25) is 0 Å². The van der Waals surface area contributed by atoms with E-state index >= 15 is 0 Å². The summed E-state index contributed by atoms with van der Waals surface area (Å²) >= 11 is 0. The number of pyridine rings is 1. The average molecular weight is 247 g/mol. The van der Waals surface area contributed by atoms with Crippen molar-refractivity contribution in [2.45, 2.75) is 20.3 Å².